The highest BCUT2D eigenvalue weighted by Gasteiger charge is 2.46. The molecule has 0 spiro atoms. The van der Waals surface area contributed by atoms with Crippen LogP contribution in [-0.2, 0) is 0 Å². The molecule has 0 aromatic rings. The van der Waals surface area contributed by atoms with Crippen molar-refractivity contribution in [3.05, 3.63) is 0 Å². The molecule has 122 valence electrons. The van der Waals surface area contributed by atoms with Gasteiger partial charge in [-0.05, 0) is 19.3 Å². The number of halogens is 3. The zero-order valence-corrected chi connectivity index (χ0v) is 12.4. The Morgan fingerprint density at radius 1 is 1.05 bits per heavy atom. The van der Waals surface area contributed by atoms with Crippen molar-refractivity contribution in [3.8, 4) is 0 Å². The second-order valence-electron chi connectivity index (χ2n) is 6.76. The number of likely N-dealkylation sites (tertiary alicyclic amines) is 1. The smallest absolute Gasteiger partial charge is 0.329 e. The molecule has 0 bridgehead atoms. The highest BCUT2D eigenvalue weighted by Crippen LogP contribution is 2.36. The molecule has 1 aliphatic carbocycles. The monoisotopic (exact) mass is 306 g/mol. The van der Waals surface area contributed by atoms with Crippen LogP contribution in [0.4, 0.5) is 13.2 Å². The molecule has 0 aromatic carbocycles. The van der Waals surface area contributed by atoms with Crippen molar-refractivity contribution in [2.24, 2.45) is 5.73 Å². The van der Waals surface area contributed by atoms with Crippen LogP contribution >= 0.6 is 0 Å². The normalized spacial score (nSPS) is 33.7. The summed E-state index contributed by atoms with van der Waals surface area (Å²) in [5.41, 5.74) is 6.05. The van der Waals surface area contributed by atoms with Crippen LogP contribution in [-0.4, -0.2) is 84.8 Å². The first-order valence-corrected chi connectivity index (χ1v) is 7.90. The molecule has 1 saturated carbocycles. The molecule has 2 aliphatic heterocycles. The van der Waals surface area contributed by atoms with Gasteiger partial charge >= 0.3 is 6.18 Å². The van der Waals surface area contributed by atoms with Crippen LogP contribution in [0.1, 0.15) is 19.3 Å². The van der Waals surface area contributed by atoms with Gasteiger partial charge in [-0.1, -0.05) is 0 Å². The summed E-state index contributed by atoms with van der Waals surface area (Å²) in [6.45, 7) is 4.28. The second kappa shape index (κ2) is 5.68. The van der Waals surface area contributed by atoms with Gasteiger partial charge in [-0.15, -0.1) is 0 Å². The van der Waals surface area contributed by atoms with Gasteiger partial charge in [0, 0.05) is 57.4 Å². The maximum atomic E-state index is 12.4. The Labute approximate surface area is 124 Å². The minimum Gasteiger partial charge on any atom is -0.329 e. The van der Waals surface area contributed by atoms with Crippen molar-refractivity contribution in [1.29, 1.82) is 0 Å². The van der Waals surface area contributed by atoms with E-state index in [1.807, 2.05) is 0 Å². The fraction of sp³-hybridized carbons (Fsp3) is 1.00. The van der Waals surface area contributed by atoms with Gasteiger partial charge in [0.2, 0.25) is 0 Å². The number of hydrogen-bond donors (Lipinski definition) is 1. The zero-order chi connectivity index (χ0) is 15.1. The highest BCUT2D eigenvalue weighted by molar-refractivity contribution is 5.04. The fourth-order valence-electron chi connectivity index (χ4n) is 3.83. The lowest BCUT2D eigenvalue weighted by Gasteiger charge is -2.45. The molecule has 3 rings (SSSR count). The van der Waals surface area contributed by atoms with Gasteiger partial charge in [-0.25, -0.2) is 0 Å². The molecule has 0 aromatic heterocycles. The van der Waals surface area contributed by atoms with Gasteiger partial charge in [0.05, 0.1) is 6.54 Å². The minimum absolute atomic E-state index is 0.00703. The predicted molar refractivity (Wildman–Crippen MR) is 75.1 cm³/mol. The van der Waals surface area contributed by atoms with E-state index in [1.54, 1.807) is 0 Å². The van der Waals surface area contributed by atoms with Crippen LogP contribution < -0.4 is 5.73 Å². The van der Waals surface area contributed by atoms with Crippen LogP contribution in [0.25, 0.3) is 0 Å². The Morgan fingerprint density at radius 2 is 1.71 bits per heavy atom. The fourth-order valence-corrected chi connectivity index (χ4v) is 3.83. The van der Waals surface area contributed by atoms with Crippen LogP contribution in [0.5, 0.6) is 0 Å². The Kier molecular flexibility index (Phi) is 4.20. The number of hydrogen-bond acceptors (Lipinski definition) is 4. The summed E-state index contributed by atoms with van der Waals surface area (Å²) in [4.78, 5) is 6.38. The molecule has 4 nitrogen and oxygen atoms in total. The quantitative estimate of drug-likeness (QED) is 0.831. The van der Waals surface area contributed by atoms with Crippen molar-refractivity contribution >= 4 is 0 Å². The Morgan fingerprint density at radius 3 is 2.24 bits per heavy atom. The maximum Gasteiger partial charge on any atom is 0.401 e. The number of nitrogens with zero attached hydrogens (tertiary/aromatic N) is 3. The topological polar surface area (TPSA) is 35.7 Å². The number of alkyl halides is 3. The van der Waals surface area contributed by atoms with E-state index >= 15 is 0 Å². The van der Waals surface area contributed by atoms with Crippen LogP contribution in [0.15, 0.2) is 0 Å². The van der Waals surface area contributed by atoms with Crippen LogP contribution in [0.2, 0.25) is 0 Å². The van der Waals surface area contributed by atoms with E-state index in [1.165, 1.54) is 17.7 Å². The van der Waals surface area contributed by atoms with Gasteiger partial charge in [0.1, 0.15) is 0 Å². The van der Waals surface area contributed by atoms with E-state index in [9.17, 15) is 13.2 Å². The van der Waals surface area contributed by atoms with E-state index in [0.29, 0.717) is 32.7 Å². The lowest BCUT2D eigenvalue weighted by Crippen LogP contribution is -2.62. The lowest BCUT2D eigenvalue weighted by atomic mass is 9.95. The summed E-state index contributed by atoms with van der Waals surface area (Å²) in [6.07, 6.45) is -0.455. The second-order valence-corrected chi connectivity index (χ2v) is 6.76. The molecule has 21 heavy (non-hydrogen) atoms. The average Bonchev–Trinajstić information content (AvgIpc) is 3.18. The largest absolute Gasteiger partial charge is 0.401 e. The van der Waals surface area contributed by atoms with E-state index in [4.69, 9.17) is 5.73 Å². The highest BCUT2D eigenvalue weighted by atomic mass is 19.4. The predicted octanol–water partition coefficient (Wildman–Crippen LogP) is 0.732. The summed E-state index contributed by atoms with van der Waals surface area (Å²) < 4.78 is 37.3. The summed E-state index contributed by atoms with van der Waals surface area (Å²) in [6, 6.07) is 0.741. The van der Waals surface area contributed by atoms with Crippen LogP contribution in [0, 0.1) is 0 Å². The van der Waals surface area contributed by atoms with Crippen LogP contribution in [0.3, 0.4) is 0 Å². The molecule has 3 fully saturated rings. The first-order chi connectivity index (χ1) is 9.92. The molecule has 7 heteroatoms. The van der Waals surface area contributed by atoms with E-state index in [-0.39, 0.29) is 5.54 Å². The van der Waals surface area contributed by atoms with Crippen molar-refractivity contribution in [2.45, 2.75) is 37.0 Å². The molecule has 2 saturated heterocycles. The third kappa shape index (κ3) is 3.52. The van der Waals surface area contributed by atoms with E-state index in [0.717, 1.165) is 25.6 Å². The molecule has 3 aliphatic rings. The van der Waals surface area contributed by atoms with Crippen molar-refractivity contribution in [1.82, 2.24) is 14.7 Å². The number of piperazine rings is 1. The summed E-state index contributed by atoms with van der Waals surface area (Å²) >= 11 is 0. The Hall–Kier alpha value is -0.370. The van der Waals surface area contributed by atoms with Crippen molar-refractivity contribution in [2.75, 3.05) is 52.4 Å². The first kappa shape index (κ1) is 15.5. The van der Waals surface area contributed by atoms with Gasteiger partial charge in [-0.3, -0.25) is 14.7 Å². The molecule has 2 N–H and O–H groups in total. The number of nitrogens with two attached hydrogens (primary N) is 1. The Balaban J connectivity index is 1.55. The van der Waals surface area contributed by atoms with Gasteiger partial charge in [0.25, 0.3) is 0 Å². The van der Waals surface area contributed by atoms with Crippen molar-refractivity contribution < 1.29 is 13.2 Å². The van der Waals surface area contributed by atoms with E-state index in [2.05, 4.69) is 9.80 Å². The van der Waals surface area contributed by atoms with E-state index < -0.39 is 12.7 Å². The molecular weight excluding hydrogens is 281 g/mol. The zero-order valence-electron chi connectivity index (χ0n) is 12.4. The first-order valence-electron chi connectivity index (χ1n) is 7.90. The Bertz CT molecular complexity index is 364. The molecule has 0 radical (unpaired) electrons. The molecule has 0 amide bonds. The minimum atomic E-state index is -4.09. The van der Waals surface area contributed by atoms with Gasteiger partial charge in [0.15, 0.2) is 0 Å². The molecule has 1 unspecified atom stereocenters. The number of rotatable bonds is 4. The van der Waals surface area contributed by atoms with Gasteiger partial charge in [-0.2, -0.15) is 13.2 Å². The molecule has 1 atom stereocenters. The summed E-state index contributed by atoms with van der Waals surface area (Å²) in [7, 11) is 0. The third-order valence-electron chi connectivity index (χ3n) is 5.25. The van der Waals surface area contributed by atoms with Gasteiger partial charge < -0.3 is 5.73 Å². The maximum absolute atomic E-state index is 12.4. The molecule has 2 heterocycles. The average molecular weight is 306 g/mol. The summed E-state index contributed by atoms with van der Waals surface area (Å²) in [5, 5.41) is 0. The summed E-state index contributed by atoms with van der Waals surface area (Å²) in [5.74, 6) is 0. The lowest BCUT2D eigenvalue weighted by molar-refractivity contribution is -0.150. The van der Waals surface area contributed by atoms with Crippen molar-refractivity contribution in [3.63, 3.8) is 0 Å². The third-order valence-corrected chi connectivity index (χ3v) is 5.25. The molecular formula is C14H25F3N4. The standard InChI is InChI=1S/C14H25F3N4/c15-14(16,17)11-19-5-7-21(8-6-19)13(9-18)3-4-20(10-13)12-1-2-12/h12H,1-11,18H2. The SMILES string of the molecule is NCC1(N2CCN(CC(F)(F)F)CC2)CCN(C2CC2)C1.